The van der Waals surface area contributed by atoms with Gasteiger partial charge in [0.2, 0.25) is 5.92 Å². The molecule has 0 saturated heterocycles. The van der Waals surface area contributed by atoms with Crippen LogP contribution >= 0.6 is 11.6 Å². The van der Waals surface area contributed by atoms with Gasteiger partial charge in [0.05, 0.1) is 0 Å². The molecule has 1 aliphatic carbocycles. The predicted octanol–water partition coefficient (Wildman–Crippen LogP) is 4.57. The van der Waals surface area contributed by atoms with Crippen LogP contribution in [0, 0.1) is 11.7 Å². The summed E-state index contributed by atoms with van der Waals surface area (Å²) in [6.45, 7) is 0. The van der Waals surface area contributed by atoms with Crippen molar-refractivity contribution in [1.29, 1.82) is 0 Å². The van der Waals surface area contributed by atoms with Crippen LogP contribution in [0.1, 0.15) is 37.3 Å². The molecule has 2 rings (SSSR count). The van der Waals surface area contributed by atoms with Crippen LogP contribution < -0.4 is 5.32 Å². The quantitative estimate of drug-likeness (QED) is 0.860. The second kappa shape index (κ2) is 5.71. The summed E-state index contributed by atoms with van der Waals surface area (Å²) in [5.41, 5.74) is 0.502. The maximum absolute atomic E-state index is 13.9. The molecule has 0 radical (unpaired) electrons. The molecule has 1 saturated carbocycles. The molecule has 106 valence electrons. The van der Waals surface area contributed by atoms with Crippen LogP contribution in [0.25, 0.3) is 0 Å². The molecule has 1 N–H and O–H groups in total. The van der Waals surface area contributed by atoms with E-state index in [0.29, 0.717) is 23.4 Å². The van der Waals surface area contributed by atoms with Gasteiger partial charge in [-0.3, -0.25) is 0 Å². The first-order chi connectivity index (χ1) is 8.93. The van der Waals surface area contributed by atoms with E-state index in [1.165, 1.54) is 6.07 Å². The minimum Gasteiger partial charge on any atom is -0.313 e. The van der Waals surface area contributed by atoms with Crippen LogP contribution in [0.2, 0.25) is 5.02 Å². The number of hydrogen-bond acceptors (Lipinski definition) is 1. The van der Waals surface area contributed by atoms with Crippen LogP contribution in [0.5, 0.6) is 0 Å². The van der Waals surface area contributed by atoms with Crippen LogP contribution in [0.3, 0.4) is 0 Å². The first-order valence-corrected chi connectivity index (χ1v) is 6.81. The lowest BCUT2D eigenvalue weighted by molar-refractivity contribution is -0.0496. The summed E-state index contributed by atoms with van der Waals surface area (Å²) in [7, 11) is 1.73. The summed E-state index contributed by atoms with van der Waals surface area (Å²) >= 11 is 5.73. The number of rotatable bonds is 3. The van der Waals surface area contributed by atoms with Gasteiger partial charge in [-0.1, -0.05) is 17.7 Å². The smallest absolute Gasteiger partial charge is 0.248 e. The number of benzene rings is 1. The van der Waals surface area contributed by atoms with Crippen LogP contribution in [0.15, 0.2) is 18.2 Å². The maximum atomic E-state index is 13.9. The molecule has 1 fully saturated rings. The summed E-state index contributed by atoms with van der Waals surface area (Å²) < 4.78 is 40.3. The summed E-state index contributed by atoms with van der Waals surface area (Å²) in [5, 5.41) is 3.39. The first kappa shape index (κ1) is 14.7. The molecule has 0 aliphatic heterocycles. The van der Waals surface area contributed by atoms with Crippen LogP contribution in [0.4, 0.5) is 13.2 Å². The van der Waals surface area contributed by atoms with E-state index in [-0.39, 0.29) is 30.6 Å². The molecule has 0 spiro atoms. The van der Waals surface area contributed by atoms with Crippen molar-refractivity contribution in [3.05, 3.63) is 34.6 Å². The molecule has 1 unspecified atom stereocenters. The van der Waals surface area contributed by atoms with E-state index >= 15 is 0 Å². The van der Waals surface area contributed by atoms with Gasteiger partial charge < -0.3 is 5.32 Å². The second-order valence-corrected chi connectivity index (χ2v) is 5.56. The third-order valence-corrected chi connectivity index (χ3v) is 4.08. The maximum Gasteiger partial charge on any atom is 0.248 e. The molecule has 5 heteroatoms. The van der Waals surface area contributed by atoms with Crippen molar-refractivity contribution in [2.45, 2.75) is 37.6 Å². The average molecular weight is 292 g/mol. The average Bonchev–Trinajstić information content (AvgIpc) is 2.34. The number of hydrogen-bond donors (Lipinski definition) is 1. The zero-order valence-corrected chi connectivity index (χ0v) is 11.5. The Balaban J connectivity index is 2.16. The van der Waals surface area contributed by atoms with Crippen molar-refractivity contribution in [3.8, 4) is 0 Å². The summed E-state index contributed by atoms with van der Waals surface area (Å²) in [4.78, 5) is 0. The third-order valence-electron chi connectivity index (χ3n) is 3.84. The lowest BCUT2D eigenvalue weighted by atomic mass is 9.79. The van der Waals surface area contributed by atoms with Gasteiger partial charge in [-0.15, -0.1) is 0 Å². The van der Waals surface area contributed by atoms with E-state index < -0.39 is 5.92 Å². The van der Waals surface area contributed by atoms with Gasteiger partial charge in [0.25, 0.3) is 0 Å². The van der Waals surface area contributed by atoms with E-state index in [9.17, 15) is 13.2 Å². The molecule has 0 aromatic heterocycles. The highest BCUT2D eigenvalue weighted by Crippen LogP contribution is 2.41. The van der Waals surface area contributed by atoms with Gasteiger partial charge in [-0.05, 0) is 37.9 Å². The Morgan fingerprint density at radius 2 is 1.95 bits per heavy atom. The fourth-order valence-corrected chi connectivity index (χ4v) is 2.95. The zero-order valence-electron chi connectivity index (χ0n) is 10.7. The van der Waals surface area contributed by atoms with Crippen molar-refractivity contribution in [1.82, 2.24) is 5.32 Å². The predicted molar refractivity (Wildman–Crippen MR) is 70.1 cm³/mol. The molecular formula is C14H17ClF3N. The third kappa shape index (κ3) is 3.42. The fraction of sp³-hybridized carbons (Fsp3) is 0.571. The molecule has 0 heterocycles. The number of nitrogens with one attached hydrogen (secondary N) is 1. The Labute approximate surface area is 116 Å². The Morgan fingerprint density at radius 1 is 1.32 bits per heavy atom. The van der Waals surface area contributed by atoms with Crippen molar-refractivity contribution >= 4 is 11.6 Å². The van der Waals surface area contributed by atoms with Crippen molar-refractivity contribution < 1.29 is 13.2 Å². The Kier molecular flexibility index (Phi) is 4.41. The highest BCUT2D eigenvalue weighted by molar-refractivity contribution is 6.30. The van der Waals surface area contributed by atoms with Crippen LogP contribution in [-0.4, -0.2) is 13.0 Å². The molecular weight excluding hydrogens is 275 g/mol. The van der Waals surface area contributed by atoms with E-state index in [1.54, 1.807) is 19.2 Å². The topological polar surface area (TPSA) is 12.0 Å². The van der Waals surface area contributed by atoms with Gasteiger partial charge >= 0.3 is 0 Å². The highest BCUT2D eigenvalue weighted by atomic mass is 35.5. The number of alkyl halides is 2. The normalized spacial score (nSPS) is 21.3. The Hall–Kier alpha value is -0.740. The monoisotopic (exact) mass is 291 g/mol. The van der Waals surface area contributed by atoms with Gasteiger partial charge in [-0.2, -0.15) is 0 Å². The second-order valence-electron chi connectivity index (χ2n) is 5.13. The van der Waals surface area contributed by atoms with Crippen molar-refractivity contribution in [3.63, 3.8) is 0 Å². The van der Waals surface area contributed by atoms with Gasteiger partial charge in [0.1, 0.15) is 5.82 Å². The van der Waals surface area contributed by atoms with E-state index in [4.69, 9.17) is 11.6 Å². The van der Waals surface area contributed by atoms with Crippen LogP contribution in [-0.2, 0) is 0 Å². The first-order valence-electron chi connectivity index (χ1n) is 6.43. The highest BCUT2D eigenvalue weighted by Gasteiger charge is 2.38. The summed E-state index contributed by atoms with van der Waals surface area (Å²) in [5.74, 6) is -2.92. The van der Waals surface area contributed by atoms with E-state index in [1.807, 2.05) is 0 Å². The zero-order chi connectivity index (χ0) is 14.0. The Morgan fingerprint density at radius 3 is 2.47 bits per heavy atom. The van der Waals surface area contributed by atoms with E-state index in [0.717, 1.165) is 0 Å². The minimum absolute atomic E-state index is 0.0281. The summed E-state index contributed by atoms with van der Waals surface area (Å²) in [6, 6.07) is 4.28. The molecule has 1 aromatic rings. The largest absolute Gasteiger partial charge is 0.313 e. The lowest BCUT2D eigenvalue weighted by Crippen LogP contribution is -2.33. The Bertz CT molecular complexity index is 440. The number of halogens is 4. The molecule has 0 amide bonds. The fourth-order valence-electron chi connectivity index (χ4n) is 2.79. The van der Waals surface area contributed by atoms with Crippen molar-refractivity contribution in [2.24, 2.45) is 5.92 Å². The molecule has 1 atom stereocenters. The van der Waals surface area contributed by atoms with E-state index in [2.05, 4.69) is 5.32 Å². The summed E-state index contributed by atoms with van der Waals surface area (Å²) in [6.07, 6.45) is 0.567. The molecule has 1 nitrogen and oxygen atoms in total. The molecule has 1 aliphatic rings. The van der Waals surface area contributed by atoms with Gasteiger partial charge in [0.15, 0.2) is 0 Å². The standard InChI is InChI=1S/C14H17ClF3N/c1-19-13(9-4-6-14(17,18)7-5-9)11-3-2-10(15)8-12(11)16/h2-3,8-9,13,19H,4-7H2,1H3. The van der Waals surface area contributed by atoms with Crippen molar-refractivity contribution in [2.75, 3.05) is 7.05 Å². The minimum atomic E-state index is -2.56. The van der Waals surface area contributed by atoms with Gasteiger partial charge in [-0.25, -0.2) is 13.2 Å². The van der Waals surface area contributed by atoms with Gasteiger partial charge in [0, 0.05) is 29.5 Å². The SMILES string of the molecule is CNC(c1ccc(Cl)cc1F)C1CCC(F)(F)CC1. The molecule has 19 heavy (non-hydrogen) atoms. The molecule has 1 aromatic carbocycles. The molecule has 0 bridgehead atoms. The lowest BCUT2D eigenvalue weighted by Gasteiger charge is -2.34.